The van der Waals surface area contributed by atoms with Crippen LogP contribution in [0.4, 0.5) is 5.69 Å². The third kappa shape index (κ3) is 3.26. The van der Waals surface area contributed by atoms with E-state index in [0.29, 0.717) is 0 Å². The monoisotopic (exact) mass is 347 g/mol. The molecule has 4 rings (SSSR count). The Labute approximate surface area is 152 Å². The number of fused-ring (bicyclic) bond motifs is 1. The van der Waals surface area contributed by atoms with Crippen molar-refractivity contribution in [2.24, 2.45) is 0 Å². The molecular weight excluding hydrogens is 326 g/mol. The molecule has 0 amide bonds. The molecule has 0 radical (unpaired) electrons. The molecule has 1 atom stereocenters. The van der Waals surface area contributed by atoms with Crippen molar-refractivity contribution in [3.05, 3.63) is 99.9 Å². The minimum Gasteiger partial charge on any atom is -0.350 e. The molecule has 0 saturated carbocycles. The smallest absolute Gasteiger partial charge is 0.269 e. The van der Waals surface area contributed by atoms with Gasteiger partial charge in [-0.15, -0.1) is 0 Å². The molecule has 0 bridgehead atoms. The molecule has 5 nitrogen and oxygen atoms in total. The zero-order chi connectivity index (χ0) is 17.9. The quantitative estimate of drug-likeness (QED) is 0.519. The van der Waals surface area contributed by atoms with Gasteiger partial charge in [0, 0.05) is 43.7 Å². The van der Waals surface area contributed by atoms with Crippen molar-refractivity contribution in [3.63, 3.8) is 0 Å². The minimum atomic E-state index is -0.352. The summed E-state index contributed by atoms with van der Waals surface area (Å²) >= 11 is 0. The topological polar surface area (TPSA) is 51.3 Å². The van der Waals surface area contributed by atoms with E-state index in [1.165, 1.54) is 11.3 Å². The summed E-state index contributed by atoms with van der Waals surface area (Å²) in [5.41, 5.74) is 3.81. The van der Waals surface area contributed by atoms with E-state index in [1.54, 1.807) is 12.1 Å². The maximum atomic E-state index is 10.9. The molecule has 1 aliphatic rings. The molecule has 0 aliphatic carbocycles. The van der Waals surface area contributed by atoms with Crippen molar-refractivity contribution < 1.29 is 4.92 Å². The maximum Gasteiger partial charge on any atom is 0.269 e. The summed E-state index contributed by atoms with van der Waals surface area (Å²) in [6.07, 6.45) is 3.23. The van der Waals surface area contributed by atoms with Crippen LogP contribution in [0, 0.1) is 10.1 Å². The first-order chi connectivity index (χ1) is 12.7. The van der Waals surface area contributed by atoms with Gasteiger partial charge < -0.3 is 4.57 Å². The van der Waals surface area contributed by atoms with Gasteiger partial charge in [-0.3, -0.25) is 15.0 Å². The van der Waals surface area contributed by atoms with E-state index in [0.717, 1.165) is 31.6 Å². The van der Waals surface area contributed by atoms with Crippen LogP contribution in [-0.2, 0) is 13.1 Å². The highest BCUT2D eigenvalue weighted by Gasteiger charge is 2.27. The van der Waals surface area contributed by atoms with Crippen molar-refractivity contribution in [3.8, 4) is 0 Å². The van der Waals surface area contributed by atoms with Crippen LogP contribution in [0.5, 0.6) is 0 Å². The van der Waals surface area contributed by atoms with Crippen LogP contribution in [-0.4, -0.2) is 20.9 Å². The lowest BCUT2D eigenvalue weighted by Gasteiger charge is -2.30. The predicted molar refractivity (Wildman–Crippen MR) is 101 cm³/mol. The van der Waals surface area contributed by atoms with Gasteiger partial charge in [0.25, 0.3) is 5.69 Å². The summed E-state index contributed by atoms with van der Waals surface area (Å²) in [5, 5.41) is 10.9. The van der Waals surface area contributed by atoms with E-state index in [4.69, 9.17) is 0 Å². The third-order valence-corrected chi connectivity index (χ3v) is 5.00. The van der Waals surface area contributed by atoms with Crippen LogP contribution >= 0.6 is 0 Å². The summed E-state index contributed by atoms with van der Waals surface area (Å²) in [6, 6.07) is 22.0. The molecule has 0 fully saturated rings. The molecule has 3 aromatic rings. The average Bonchev–Trinajstić information content (AvgIpc) is 3.04. The van der Waals surface area contributed by atoms with Gasteiger partial charge >= 0.3 is 0 Å². The molecule has 5 heteroatoms. The minimum absolute atomic E-state index is 0.137. The van der Waals surface area contributed by atoms with Gasteiger partial charge in [-0.1, -0.05) is 42.5 Å². The number of non-ortho nitro benzene ring substituents is 1. The summed E-state index contributed by atoms with van der Waals surface area (Å²) in [6.45, 7) is 2.77. The second-order valence-corrected chi connectivity index (χ2v) is 6.69. The Hall–Kier alpha value is -2.92. The largest absolute Gasteiger partial charge is 0.350 e. The zero-order valence-electron chi connectivity index (χ0n) is 14.5. The summed E-state index contributed by atoms with van der Waals surface area (Å²) in [7, 11) is 0. The number of aryl methyl sites for hydroxylation is 1. The van der Waals surface area contributed by atoms with Gasteiger partial charge in [-0.05, 0) is 29.7 Å². The van der Waals surface area contributed by atoms with Crippen LogP contribution in [0.1, 0.15) is 29.3 Å². The van der Waals surface area contributed by atoms with Gasteiger partial charge in [0.2, 0.25) is 0 Å². The van der Waals surface area contributed by atoms with Crippen LogP contribution in [0.15, 0.2) is 72.9 Å². The van der Waals surface area contributed by atoms with Crippen LogP contribution in [0.3, 0.4) is 0 Å². The fourth-order valence-corrected chi connectivity index (χ4v) is 3.78. The highest BCUT2D eigenvalue weighted by Crippen LogP contribution is 2.33. The van der Waals surface area contributed by atoms with Gasteiger partial charge in [0.1, 0.15) is 0 Å². The number of nitro benzene ring substituents is 1. The number of hydrogen-bond donors (Lipinski definition) is 0. The van der Waals surface area contributed by atoms with Crippen molar-refractivity contribution in [1.29, 1.82) is 0 Å². The number of nitrogens with zero attached hydrogens (tertiary/aromatic N) is 3. The van der Waals surface area contributed by atoms with E-state index >= 15 is 0 Å². The summed E-state index contributed by atoms with van der Waals surface area (Å²) in [5.74, 6) is 0. The van der Waals surface area contributed by atoms with Crippen LogP contribution < -0.4 is 0 Å². The van der Waals surface area contributed by atoms with Crippen molar-refractivity contribution >= 4 is 5.69 Å². The number of benzene rings is 2. The van der Waals surface area contributed by atoms with Crippen molar-refractivity contribution in [2.45, 2.75) is 25.6 Å². The molecule has 2 heterocycles. The zero-order valence-corrected chi connectivity index (χ0v) is 14.5. The molecule has 0 spiro atoms. The summed E-state index contributed by atoms with van der Waals surface area (Å²) in [4.78, 5) is 13.0. The van der Waals surface area contributed by atoms with Gasteiger partial charge in [0.05, 0.1) is 11.0 Å². The van der Waals surface area contributed by atoms with E-state index in [2.05, 4.69) is 52.1 Å². The Morgan fingerprint density at radius 3 is 2.46 bits per heavy atom. The number of rotatable bonds is 4. The lowest BCUT2D eigenvalue weighted by Crippen LogP contribution is -2.29. The fraction of sp³-hybridized carbons (Fsp3) is 0.238. The number of nitro groups is 1. The average molecular weight is 347 g/mol. The molecule has 1 unspecified atom stereocenters. The Balaban J connectivity index is 1.67. The Kier molecular flexibility index (Phi) is 4.54. The highest BCUT2D eigenvalue weighted by atomic mass is 16.6. The van der Waals surface area contributed by atoms with Crippen molar-refractivity contribution in [2.75, 3.05) is 6.54 Å². The van der Waals surface area contributed by atoms with Crippen LogP contribution in [0.25, 0.3) is 0 Å². The van der Waals surface area contributed by atoms with Crippen LogP contribution in [0.2, 0.25) is 0 Å². The Morgan fingerprint density at radius 1 is 0.962 bits per heavy atom. The number of hydrogen-bond acceptors (Lipinski definition) is 3. The van der Waals surface area contributed by atoms with Gasteiger partial charge in [-0.2, -0.15) is 0 Å². The molecule has 1 aromatic heterocycles. The highest BCUT2D eigenvalue weighted by molar-refractivity contribution is 5.34. The van der Waals surface area contributed by atoms with E-state index in [9.17, 15) is 10.1 Å². The standard InChI is InChI=1S/C21H21N3O2/c25-24(26)19-11-9-17(10-12-19)16-23-15-5-14-22-13-4-8-20(22)21(23)18-6-2-1-3-7-18/h1-4,6-13,21H,5,14-16H2. The van der Waals surface area contributed by atoms with E-state index < -0.39 is 0 Å². The lowest BCUT2D eigenvalue weighted by molar-refractivity contribution is -0.384. The summed E-state index contributed by atoms with van der Waals surface area (Å²) < 4.78 is 2.34. The Bertz CT molecular complexity index is 887. The third-order valence-electron chi connectivity index (χ3n) is 5.00. The molecule has 26 heavy (non-hydrogen) atoms. The molecular formula is C21H21N3O2. The second kappa shape index (κ2) is 7.14. The SMILES string of the molecule is O=[N+]([O-])c1ccc(CN2CCCn3cccc3C2c2ccccc2)cc1. The molecule has 0 saturated heterocycles. The van der Waals surface area contributed by atoms with E-state index in [1.807, 2.05) is 18.2 Å². The molecule has 132 valence electrons. The normalized spacial score (nSPS) is 17.5. The first-order valence-electron chi connectivity index (χ1n) is 8.90. The first-order valence-corrected chi connectivity index (χ1v) is 8.90. The van der Waals surface area contributed by atoms with Gasteiger partial charge in [0.15, 0.2) is 0 Å². The molecule has 0 N–H and O–H groups in total. The van der Waals surface area contributed by atoms with Gasteiger partial charge in [-0.25, -0.2) is 0 Å². The molecule has 2 aromatic carbocycles. The Morgan fingerprint density at radius 2 is 1.73 bits per heavy atom. The fourth-order valence-electron chi connectivity index (χ4n) is 3.78. The van der Waals surface area contributed by atoms with E-state index in [-0.39, 0.29) is 16.7 Å². The maximum absolute atomic E-state index is 10.9. The second-order valence-electron chi connectivity index (χ2n) is 6.69. The van der Waals surface area contributed by atoms with Crippen molar-refractivity contribution in [1.82, 2.24) is 9.47 Å². The predicted octanol–water partition coefficient (Wildman–Crippen LogP) is 4.39. The lowest BCUT2D eigenvalue weighted by atomic mass is 10.0. The number of aromatic nitrogens is 1. The molecule has 1 aliphatic heterocycles. The first kappa shape index (κ1) is 16.5.